The SMILES string of the molecule is Cc1ccc(C(C)CCC(=O)C(C)C)cc1. The lowest BCUT2D eigenvalue weighted by atomic mass is 9.92. The average Bonchev–Trinajstić information content (AvgIpc) is 2.26. The van der Waals surface area contributed by atoms with Crippen LogP contribution in [0, 0.1) is 12.8 Å². The van der Waals surface area contributed by atoms with Crippen molar-refractivity contribution >= 4 is 5.78 Å². The molecule has 0 aromatic heterocycles. The van der Waals surface area contributed by atoms with E-state index in [2.05, 4.69) is 38.1 Å². The third-order valence-corrected chi connectivity index (χ3v) is 3.11. The highest BCUT2D eigenvalue weighted by Gasteiger charge is 2.11. The van der Waals surface area contributed by atoms with Gasteiger partial charge in [-0.1, -0.05) is 50.6 Å². The molecule has 1 nitrogen and oxygen atoms in total. The predicted octanol–water partition coefficient (Wildman–Crippen LogP) is 4.10. The maximum absolute atomic E-state index is 11.5. The van der Waals surface area contributed by atoms with Crippen LogP contribution < -0.4 is 0 Å². The first-order chi connectivity index (χ1) is 7.50. The molecule has 16 heavy (non-hydrogen) atoms. The van der Waals surface area contributed by atoms with Gasteiger partial charge >= 0.3 is 0 Å². The monoisotopic (exact) mass is 218 g/mol. The van der Waals surface area contributed by atoms with E-state index in [-0.39, 0.29) is 5.92 Å². The number of ketones is 1. The fourth-order valence-electron chi connectivity index (χ4n) is 1.71. The molecule has 0 spiro atoms. The van der Waals surface area contributed by atoms with Crippen LogP contribution in [0.25, 0.3) is 0 Å². The molecule has 0 aliphatic heterocycles. The number of rotatable bonds is 5. The van der Waals surface area contributed by atoms with Gasteiger partial charge in [0.25, 0.3) is 0 Å². The topological polar surface area (TPSA) is 17.1 Å². The Morgan fingerprint density at radius 1 is 1.12 bits per heavy atom. The summed E-state index contributed by atoms with van der Waals surface area (Å²) in [7, 11) is 0. The summed E-state index contributed by atoms with van der Waals surface area (Å²) in [5.41, 5.74) is 2.62. The predicted molar refractivity (Wildman–Crippen MR) is 68.7 cm³/mol. The smallest absolute Gasteiger partial charge is 0.135 e. The first kappa shape index (κ1) is 13.0. The van der Waals surface area contributed by atoms with E-state index in [9.17, 15) is 4.79 Å². The number of benzene rings is 1. The Hall–Kier alpha value is -1.11. The highest BCUT2D eigenvalue weighted by molar-refractivity contribution is 5.80. The van der Waals surface area contributed by atoms with Gasteiger partial charge in [0.15, 0.2) is 0 Å². The van der Waals surface area contributed by atoms with Crippen LogP contribution in [0.5, 0.6) is 0 Å². The molecule has 1 heteroatoms. The van der Waals surface area contributed by atoms with Crippen LogP contribution in [0.2, 0.25) is 0 Å². The van der Waals surface area contributed by atoms with E-state index >= 15 is 0 Å². The van der Waals surface area contributed by atoms with Gasteiger partial charge in [0.2, 0.25) is 0 Å². The quantitative estimate of drug-likeness (QED) is 0.727. The minimum atomic E-state index is 0.171. The number of aryl methyl sites for hydroxylation is 1. The van der Waals surface area contributed by atoms with E-state index in [4.69, 9.17) is 0 Å². The number of carbonyl (C=O) groups is 1. The van der Waals surface area contributed by atoms with Crippen molar-refractivity contribution in [1.29, 1.82) is 0 Å². The van der Waals surface area contributed by atoms with Crippen LogP contribution in [0.4, 0.5) is 0 Å². The second-order valence-corrected chi connectivity index (χ2v) is 4.97. The summed E-state index contributed by atoms with van der Waals surface area (Å²) < 4.78 is 0. The van der Waals surface area contributed by atoms with Gasteiger partial charge in [-0.3, -0.25) is 4.79 Å². The number of Topliss-reactive ketones (excluding diaryl/α,β-unsaturated/α-hetero) is 1. The molecule has 1 unspecified atom stereocenters. The van der Waals surface area contributed by atoms with Gasteiger partial charge < -0.3 is 0 Å². The molecule has 1 rings (SSSR count). The molecule has 1 atom stereocenters. The molecule has 0 saturated carbocycles. The van der Waals surface area contributed by atoms with Gasteiger partial charge in [-0.05, 0) is 24.8 Å². The Bertz CT molecular complexity index is 335. The van der Waals surface area contributed by atoms with Gasteiger partial charge in [-0.2, -0.15) is 0 Å². The van der Waals surface area contributed by atoms with Crippen LogP contribution in [0.15, 0.2) is 24.3 Å². The molecule has 0 fully saturated rings. The lowest BCUT2D eigenvalue weighted by Crippen LogP contribution is -2.08. The third kappa shape index (κ3) is 3.80. The van der Waals surface area contributed by atoms with E-state index in [0.717, 1.165) is 6.42 Å². The van der Waals surface area contributed by atoms with Crippen molar-refractivity contribution in [3.8, 4) is 0 Å². The Morgan fingerprint density at radius 2 is 1.69 bits per heavy atom. The lowest BCUT2D eigenvalue weighted by Gasteiger charge is -2.12. The summed E-state index contributed by atoms with van der Waals surface area (Å²) in [6, 6.07) is 8.60. The van der Waals surface area contributed by atoms with E-state index in [1.54, 1.807) is 0 Å². The summed E-state index contributed by atoms with van der Waals surface area (Å²) in [6.45, 7) is 8.23. The average molecular weight is 218 g/mol. The van der Waals surface area contributed by atoms with E-state index in [0.29, 0.717) is 18.1 Å². The minimum absolute atomic E-state index is 0.171. The molecular formula is C15H22O. The molecule has 0 amide bonds. The Morgan fingerprint density at radius 3 is 2.19 bits per heavy atom. The van der Waals surface area contributed by atoms with Crippen molar-refractivity contribution < 1.29 is 4.79 Å². The second kappa shape index (κ2) is 5.83. The zero-order valence-electron chi connectivity index (χ0n) is 10.8. The van der Waals surface area contributed by atoms with E-state index in [1.165, 1.54) is 11.1 Å². The van der Waals surface area contributed by atoms with Gasteiger partial charge in [0.1, 0.15) is 5.78 Å². The first-order valence-electron chi connectivity index (χ1n) is 6.10. The van der Waals surface area contributed by atoms with Crippen molar-refractivity contribution in [3.63, 3.8) is 0 Å². The molecule has 0 N–H and O–H groups in total. The molecule has 1 aromatic rings. The maximum atomic E-state index is 11.5. The van der Waals surface area contributed by atoms with Gasteiger partial charge in [-0.15, -0.1) is 0 Å². The summed E-state index contributed by atoms with van der Waals surface area (Å²) in [6.07, 6.45) is 1.66. The molecular weight excluding hydrogens is 196 g/mol. The Balaban J connectivity index is 2.49. The van der Waals surface area contributed by atoms with Crippen LogP contribution >= 0.6 is 0 Å². The fourth-order valence-corrected chi connectivity index (χ4v) is 1.71. The summed E-state index contributed by atoms with van der Waals surface area (Å²) in [5, 5.41) is 0. The summed E-state index contributed by atoms with van der Waals surface area (Å²) >= 11 is 0. The minimum Gasteiger partial charge on any atom is -0.299 e. The third-order valence-electron chi connectivity index (χ3n) is 3.11. The molecule has 0 saturated heterocycles. The molecule has 1 aromatic carbocycles. The normalized spacial score (nSPS) is 12.8. The Kier molecular flexibility index (Phi) is 4.72. The van der Waals surface area contributed by atoms with Crippen LogP contribution in [-0.2, 0) is 4.79 Å². The molecule has 0 bridgehead atoms. The number of hydrogen-bond acceptors (Lipinski definition) is 1. The van der Waals surface area contributed by atoms with Crippen LogP contribution in [0.1, 0.15) is 50.7 Å². The standard InChI is InChI=1S/C15H22O/c1-11(2)15(16)10-7-13(4)14-8-5-12(3)6-9-14/h5-6,8-9,11,13H,7,10H2,1-4H3. The maximum Gasteiger partial charge on any atom is 0.135 e. The highest BCUT2D eigenvalue weighted by atomic mass is 16.1. The second-order valence-electron chi connectivity index (χ2n) is 4.97. The van der Waals surface area contributed by atoms with Gasteiger partial charge in [-0.25, -0.2) is 0 Å². The van der Waals surface area contributed by atoms with Gasteiger partial charge in [0.05, 0.1) is 0 Å². The molecule has 88 valence electrons. The highest BCUT2D eigenvalue weighted by Crippen LogP contribution is 2.21. The van der Waals surface area contributed by atoms with Crippen molar-refractivity contribution in [1.82, 2.24) is 0 Å². The summed E-state index contributed by atoms with van der Waals surface area (Å²) in [4.78, 5) is 11.5. The van der Waals surface area contributed by atoms with Crippen molar-refractivity contribution in [2.24, 2.45) is 5.92 Å². The van der Waals surface area contributed by atoms with Crippen LogP contribution in [-0.4, -0.2) is 5.78 Å². The fraction of sp³-hybridized carbons (Fsp3) is 0.533. The largest absolute Gasteiger partial charge is 0.299 e. The van der Waals surface area contributed by atoms with E-state index in [1.807, 2.05) is 13.8 Å². The molecule has 0 aliphatic rings. The number of carbonyl (C=O) groups excluding carboxylic acids is 1. The molecule has 0 radical (unpaired) electrons. The van der Waals surface area contributed by atoms with E-state index < -0.39 is 0 Å². The lowest BCUT2D eigenvalue weighted by molar-refractivity contribution is -0.122. The van der Waals surface area contributed by atoms with Crippen molar-refractivity contribution in [2.45, 2.75) is 46.5 Å². The molecule has 0 aliphatic carbocycles. The number of hydrogen-bond donors (Lipinski definition) is 0. The molecule has 0 heterocycles. The first-order valence-corrected chi connectivity index (χ1v) is 6.10. The van der Waals surface area contributed by atoms with Gasteiger partial charge in [0, 0.05) is 12.3 Å². The zero-order chi connectivity index (χ0) is 12.1. The Labute approximate surface area is 98.9 Å². The van der Waals surface area contributed by atoms with Crippen LogP contribution in [0.3, 0.4) is 0 Å². The zero-order valence-corrected chi connectivity index (χ0v) is 10.8. The van der Waals surface area contributed by atoms with Crippen molar-refractivity contribution in [2.75, 3.05) is 0 Å². The summed E-state index contributed by atoms with van der Waals surface area (Å²) in [5.74, 6) is 1.02. The van der Waals surface area contributed by atoms with Crippen molar-refractivity contribution in [3.05, 3.63) is 35.4 Å².